The fourth-order valence-electron chi connectivity index (χ4n) is 2.45. The number of carbonyl (C=O) groups is 2. The predicted molar refractivity (Wildman–Crippen MR) is 91.8 cm³/mol. The lowest BCUT2D eigenvalue weighted by atomic mass is 10.1. The first kappa shape index (κ1) is 17.3. The number of halogens is 1. The van der Waals surface area contributed by atoms with Crippen LogP contribution in [0.25, 0.3) is 0 Å². The van der Waals surface area contributed by atoms with E-state index in [1.54, 1.807) is 24.3 Å². The molecule has 4 nitrogen and oxygen atoms in total. The summed E-state index contributed by atoms with van der Waals surface area (Å²) in [5.41, 5.74) is 0.635. The smallest absolute Gasteiger partial charge is 0.232 e. The molecule has 1 aromatic rings. The maximum atomic E-state index is 12.2. The molecule has 1 heterocycles. The minimum atomic E-state index is 0.0268. The molecular weight excluding hydrogens is 320 g/mol. The van der Waals surface area contributed by atoms with Crippen molar-refractivity contribution in [3.8, 4) is 0 Å². The van der Waals surface area contributed by atoms with Gasteiger partial charge in [0.2, 0.25) is 5.91 Å². The molecule has 1 fully saturated rings. The van der Waals surface area contributed by atoms with Crippen molar-refractivity contribution in [2.45, 2.75) is 18.9 Å². The Morgan fingerprint density at radius 1 is 1.23 bits per heavy atom. The van der Waals surface area contributed by atoms with Crippen molar-refractivity contribution in [1.82, 2.24) is 10.2 Å². The van der Waals surface area contributed by atoms with E-state index in [0.717, 1.165) is 25.9 Å². The fraction of sp³-hybridized carbons (Fsp3) is 0.500. The van der Waals surface area contributed by atoms with Gasteiger partial charge in [0.05, 0.1) is 11.5 Å². The van der Waals surface area contributed by atoms with Gasteiger partial charge in [0.1, 0.15) is 0 Å². The Hall–Kier alpha value is -1.04. The van der Waals surface area contributed by atoms with Gasteiger partial charge in [-0.15, -0.1) is 11.8 Å². The number of thioether (sulfide) groups is 1. The van der Waals surface area contributed by atoms with Crippen molar-refractivity contribution in [2.75, 3.05) is 31.6 Å². The average Bonchev–Trinajstić information content (AvgIpc) is 2.55. The van der Waals surface area contributed by atoms with E-state index in [-0.39, 0.29) is 11.7 Å². The van der Waals surface area contributed by atoms with Gasteiger partial charge in [0.25, 0.3) is 0 Å². The Labute approximate surface area is 140 Å². The number of piperidine rings is 1. The fourth-order valence-corrected chi connectivity index (χ4v) is 3.41. The molecule has 0 atom stereocenters. The Balaban J connectivity index is 1.74. The van der Waals surface area contributed by atoms with Crippen molar-refractivity contribution < 1.29 is 9.59 Å². The van der Waals surface area contributed by atoms with Gasteiger partial charge in [-0.25, -0.2) is 0 Å². The van der Waals surface area contributed by atoms with Crippen LogP contribution in [-0.2, 0) is 4.79 Å². The summed E-state index contributed by atoms with van der Waals surface area (Å²) >= 11 is 7.17. The zero-order chi connectivity index (χ0) is 15.9. The zero-order valence-corrected chi connectivity index (χ0v) is 14.3. The van der Waals surface area contributed by atoms with Gasteiger partial charge in [-0.05, 0) is 50.2 Å². The third kappa shape index (κ3) is 5.00. The van der Waals surface area contributed by atoms with E-state index in [4.69, 9.17) is 11.6 Å². The van der Waals surface area contributed by atoms with Crippen LogP contribution in [-0.4, -0.2) is 54.3 Å². The van der Waals surface area contributed by atoms with Crippen LogP contribution in [0.4, 0.5) is 0 Å². The second kappa shape index (κ2) is 8.56. The predicted octanol–water partition coefficient (Wildman–Crippen LogP) is 2.47. The molecule has 0 saturated carbocycles. The molecule has 2 rings (SSSR count). The monoisotopic (exact) mass is 340 g/mol. The van der Waals surface area contributed by atoms with E-state index in [1.165, 1.54) is 11.8 Å². The minimum absolute atomic E-state index is 0.0268. The molecule has 6 heteroatoms. The Morgan fingerprint density at radius 3 is 2.50 bits per heavy atom. The van der Waals surface area contributed by atoms with E-state index in [0.29, 0.717) is 28.1 Å². The molecule has 0 spiro atoms. The number of hydrogen-bond donors (Lipinski definition) is 1. The van der Waals surface area contributed by atoms with Crippen molar-refractivity contribution in [3.05, 3.63) is 34.9 Å². The third-order valence-electron chi connectivity index (χ3n) is 3.87. The number of hydrogen-bond acceptors (Lipinski definition) is 4. The third-order valence-corrected chi connectivity index (χ3v) is 5.04. The highest BCUT2D eigenvalue weighted by Gasteiger charge is 2.21. The maximum absolute atomic E-state index is 12.2. The van der Waals surface area contributed by atoms with Crippen molar-refractivity contribution in [3.63, 3.8) is 0 Å². The van der Waals surface area contributed by atoms with Crippen LogP contribution < -0.4 is 5.32 Å². The highest BCUT2D eigenvalue weighted by molar-refractivity contribution is 8.00. The number of carbonyl (C=O) groups excluding carboxylic acids is 2. The summed E-state index contributed by atoms with van der Waals surface area (Å²) in [6, 6.07) is 7.16. The van der Waals surface area contributed by atoms with Crippen LogP contribution in [0.15, 0.2) is 24.3 Å². The molecule has 1 amide bonds. The summed E-state index contributed by atoms with van der Waals surface area (Å²) in [5, 5.41) is 3.91. The molecule has 120 valence electrons. The highest BCUT2D eigenvalue weighted by Crippen LogP contribution is 2.14. The molecule has 0 bridgehead atoms. The van der Waals surface area contributed by atoms with Crippen LogP contribution in [0, 0.1) is 0 Å². The summed E-state index contributed by atoms with van der Waals surface area (Å²) in [6.45, 7) is 1.93. The van der Waals surface area contributed by atoms with Crippen molar-refractivity contribution >= 4 is 35.1 Å². The number of Topliss-reactive ketones (excluding diaryl/α,β-unsaturated/α-hetero) is 1. The zero-order valence-electron chi connectivity index (χ0n) is 12.7. The molecule has 0 aromatic heterocycles. The van der Waals surface area contributed by atoms with Gasteiger partial charge in [0.15, 0.2) is 5.78 Å². The molecular formula is C16H21ClN2O2S. The molecule has 1 N–H and O–H groups in total. The SMILES string of the molecule is CN(C(=O)CSCC(=O)c1ccc(Cl)cc1)C1CCNCC1. The highest BCUT2D eigenvalue weighted by atomic mass is 35.5. The molecule has 0 unspecified atom stereocenters. The number of ketones is 1. The van der Waals surface area contributed by atoms with E-state index >= 15 is 0 Å². The number of nitrogens with zero attached hydrogens (tertiary/aromatic N) is 1. The summed E-state index contributed by atoms with van der Waals surface area (Å²) < 4.78 is 0. The number of rotatable bonds is 6. The first-order valence-corrected chi connectivity index (χ1v) is 8.94. The van der Waals surface area contributed by atoms with Crippen LogP contribution in [0.3, 0.4) is 0 Å². The van der Waals surface area contributed by atoms with E-state index < -0.39 is 0 Å². The number of benzene rings is 1. The van der Waals surface area contributed by atoms with Crippen LogP contribution >= 0.6 is 23.4 Å². The van der Waals surface area contributed by atoms with Gasteiger partial charge < -0.3 is 10.2 Å². The second-order valence-electron chi connectivity index (χ2n) is 5.41. The largest absolute Gasteiger partial charge is 0.342 e. The first-order valence-electron chi connectivity index (χ1n) is 7.41. The van der Waals surface area contributed by atoms with Gasteiger partial charge in [-0.3, -0.25) is 9.59 Å². The van der Waals surface area contributed by atoms with Gasteiger partial charge in [-0.2, -0.15) is 0 Å². The van der Waals surface area contributed by atoms with E-state index in [2.05, 4.69) is 5.32 Å². The number of nitrogens with one attached hydrogen (secondary N) is 1. The lowest BCUT2D eigenvalue weighted by Crippen LogP contribution is -2.44. The van der Waals surface area contributed by atoms with Crippen LogP contribution in [0.1, 0.15) is 23.2 Å². The standard InChI is InChI=1S/C16H21ClN2O2S/c1-19(14-6-8-18-9-7-14)16(21)11-22-10-15(20)12-2-4-13(17)5-3-12/h2-5,14,18H,6-11H2,1H3. The van der Waals surface area contributed by atoms with Crippen LogP contribution in [0.2, 0.25) is 5.02 Å². The van der Waals surface area contributed by atoms with Gasteiger partial charge in [-0.1, -0.05) is 11.6 Å². The quantitative estimate of drug-likeness (QED) is 0.808. The Bertz CT molecular complexity index is 515. The van der Waals surface area contributed by atoms with Crippen molar-refractivity contribution in [1.29, 1.82) is 0 Å². The molecule has 1 aliphatic rings. The van der Waals surface area contributed by atoms with E-state index in [1.807, 2.05) is 11.9 Å². The normalized spacial score (nSPS) is 15.5. The minimum Gasteiger partial charge on any atom is -0.342 e. The topological polar surface area (TPSA) is 49.4 Å². The Kier molecular flexibility index (Phi) is 6.73. The summed E-state index contributed by atoms with van der Waals surface area (Å²) in [4.78, 5) is 26.0. The van der Waals surface area contributed by atoms with Crippen molar-refractivity contribution in [2.24, 2.45) is 0 Å². The average molecular weight is 341 g/mol. The molecule has 1 aromatic carbocycles. The molecule has 0 aliphatic carbocycles. The molecule has 1 aliphatic heterocycles. The maximum Gasteiger partial charge on any atom is 0.232 e. The lowest BCUT2D eigenvalue weighted by molar-refractivity contribution is -0.129. The summed E-state index contributed by atoms with van der Waals surface area (Å²) in [7, 11) is 1.86. The lowest BCUT2D eigenvalue weighted by Gasteiger charge is -2.31. The summed E-state index contributed by atoms with van der Waals surface area (Å²) in [6.07, 6.45) is 1.99. The summed E-state index contributed by atoms with van der Waals surface area (Å²) in [5.74, 6) is 0.785. The van der Waals surface area contributed by atoms with Gasteiger partial charge in [0, 0.05) is 23.7 Å². The Morgan fingerprint density at radius 2 is 1.86 bits per heavy atom. The number of amides is 1. The molecule has 22 heavy (non-hydrogen) atoms. The van der Waals surface area contributed by atoms with Crippen LogP contribution in [0.5, 0.6) is 0 Å². The van der Waals surface area contributed by atoms with Gasteiger partial charge >= 0.3 is 0 Å². The van der Waals surface area contributed by atoms with E-state index in [9.17, 15) is 9.59 Å². The molecule has 0 radical (unpaired) electrons. The molecule has 1 saturated heterocycles. The second-order valence-corrected chi connectivity index (χ2v) is 6.83. The first-order chi connectivity index (χ1) is 10.6.